The summed E-state index contributed by atoms with van der Waals surface area (Å²) in [5.41, 5.74) is 0. The molecule has 3 rings (SSSR count). The van der Waals surface area contributed by atoms with E-state index in [2.05, 4.69) is 62.4 Å². The maximum Gasteiger partial charge on any atom is 0.0355 e. The topological polar surface area (TPSA) is 0 Å². The van der Waals surface area contributed by atoms with Gasteiger partial charge in [0, 0.05) is 20.2 Å². The smallest absolute Gasteiger partial charge is 0.0355 e. The van der Waals surface area contributed by atoms with Crippen molar-refractivity contribution < 1.29 is 0 Å². The average Bonchev–Trinajstić information content (AvgIpc) is 2.77. The molecule has 0 radical (unpaired) electrons. The fourth-order valence-corrected chi connectivity index (χ4v) is 2.78. The molecule has 0 nitrogen and oxygen atoms in total. The van der Waals surface area contributed by atoms with Gasteiger partial charge in [-0.25, -0.2) is 0 Å². The molecule has 17 heavy (non-hydrogen) atoms. The van der Waals surface area contributed by atoms with Crippen molar-refractivity contribution in [2.45, 2.75) is 26.7 Å². The van der Waals surface area contributed by atoms with Crippen LogP contribution in [-0.2, 0) is 0 Å². The quantitative estimate of drug-likeness (QED) is 0.501. The molecule has 0 aliphatic rings. The summed E-state index contributed by atoms with van der Waals surface area (Å²) in [6, 6.07) is 17.1. The van der Waals surface area contributed by atoms with E-state index >= 15 is 0 Å². The second kappa shape index (κ2) is 5.83. The van der Waals surface area contributed by atoms with Crippen molar-refractivity contribution in [2.24, 2.45) is 0 Å². The second-order valence-electron chi connectivity index (χ2n) is 4.09. The van der Waals surface area contributed by atoms with Gasteiger partial charge >= 0.3 is 0 Å². The summed E-state index contributed by atoms with van der Waals surface area (Å²) in [6.45, 7) is 4.36. The Labute approximate surface area is 107 Å². The molecular weight excluding hydrogens is 224 g/mol. The summed E-state index contributed by atoms with van der Waals surface area (Å²) in [5, 5.41) is 2.76. The Morgan fingerprint density at radius 1 is 0.706 bits per heavy atom. The zero-order valence-electron chi connectivity index (χ0n) is 10.4. The lowest BCUT2D eigenvalue weighted by Gasteiger charge is -1.88. The summed E-state index contributed by atoms with van der Waals surface area (Å²) < 4.78 is 2.76. The molecule has 1 heteroatoms. The lowest BCUT2D eigenvalue weighted by molar-refractivity contribution is 0.886. The molecule has 1 heterocycles. The van der Waals surface area contributed by atoms with Crippen LogP contribution in [0.1, 0.15) is 26.7 Å². The van der Waals surface area contributed by atoms with Gasteiger partial charge in [-0.1, -0.05) is 63.1 Å². The molecule has 0 unspecified atom stereocenters. The normalized spacial score (nSPS) is 10.2. The molecule has 0 aliphatic heterocycles. The number of unbranched alkanes of at least 4 members (excludes halogenated alkanes) is 1. The molecule has 1 aromatic heterocycles. The highest BCUT2D eigenvalue weighted by Gasteiger charge is 2.01. The van der Waals surface area contributed by atoms with Gasteiger partial charge in [0.2, 0.25) is 0 Å². The van der Waals surface area contributed by atoms with Crippen molar-refractivity contribution in [1.82, 2.24) is 0 Å². The van der Waals surface area contributed by atoms with Gasteiger partial charge in [0.25, 0.3) is 0 Å². The fraction of sp³-hybridized carbons (Fsp3) is 0.250. The van der Waals surface area contributed by atoms with Crippen LogP contribution in [0.4, 0.5) is 0 Å². The van der Waals surface area contributed by atoms with Gasteiger partial charge in [-0.05, 0) is 12.1 Å². The van der Waals surface area contributed by atoms with Crippen LogP contribution in [-0.4, -0.2) is 0 Å². The Balaban J connectivity index is 0.000000239. The van der Waals surface area contributed by atoms with Crippen LogP contribution in [0, 0.1) is 0 Å². The maximum absolute atomic E-state index is 2.19. The molecule has 0 saturated heterocycles. The van der Waals surface area contributed by atoms with Gasteiger partial charge in [0.05, 0.1) is 0 Å². The Hall–Kier alpha value is -1.34. The van der Waals surface area contributed by atoms with Crippen LogP contribution in [0.25, 0.3) is 20.2 Å². The highest BCUT2D eigenvalue weighted by molar-refractivity contribution is 7.25. The van der Waals surface area contributed by atoms with Crippen LogP contribution in [0.2, 0.25) is 0 Å². The standard InChI is InChI=1S/C12H8S.C4H10/c1-3-7-11-9(5-1)10-6-2-4-8-12(10)13-11;1-3-4-2/h1-8H;3-4H2,1-2H3. The van der Waals surface area contributed by atoms with E-state index in [1.807, 2.05) is 11.3 Å². The molecule has 3 aromatic rings. The fourth-order valence-electron chi connectivity index (χ4n) is 1.67. The van der Waals surface area contributed by atoms with E-state index in [1.165, 1.54) is 33.0 Å². The third-order valence-corrected chi connectivity index (χ3v) is 3.94. The molecular formula is C16H18S. The molecule has 88 valence electrons. The molecule has 0 bridgehead atoms. The predicted molar refractivity (Wildman–Crippen MR) is 79.9 cm³/mol. The molecule has 0 atom stereocenters. The molecule has 0 spiro atoms. The van der Waals surface area contributed by atoms with Gasteiger partial charge < -0.3 is 0 Å². The summed E-state index contributed by atoms with van der Waals surface area (Å²) in [7, 11) is 0. The van der Waals surface area contributed by atoms with Crippen LogP contribution >= 0.6 is 11.3 Å². The number of hydrogen-bond acceptors (Lipinski definition) is 1. The van der Waals surface area contributed by atoms with Gasteiger partial charge in [-0.3, -0.25) is 0 Å². The van der Waals surface area contributed by atoms with Crippen molar-refractivity contribution in [3.8, 4) is 0 Å². The van der Waals surface area contributed by atoms with E-state index in [1.54, 1.807) is 0 Å². The van der Waals surface area contributed by atoms with Crippen LogP contribution in [0.5, 0.6) is 0 Å². The van der Waals surface area contributed by atoms with E-state index in [-0.39, 0.29) is 0 Å². The number of hydrogen-bond donors (Lipinski definition) is 0. The maximum atomic E-state index is 2.19. The van der Waals surface area contributed by atoms with E-state index in [0.29, 0.717) is 0 Å². The Morgan fingerprint density at radius 2 is 1.12 bits per heavy atom. The van der Waals surface area contributed by atoms with Gasteiger partial charge in [-0.15, -0.1) is 11.3 Å². The first kappa shape index (κ1) is 12.1. The van der Waals surface area contributed by atoms with Crippen LogP contribution in [0.3, 0.4) is 0 Å². The minimum atomic E-state index is 1.32. The zero-order valence-corrected chi connectivity index (χ0v) is 11.3. The van der Waals surface area contributed by atoms with Gasteiger partial charge in [0.1, 0.15) is 0 Å². The number of thiophene rings is 1. The van der Waals surface area contributed by atoms with E-state index < -0.39 is 0 Å². The first-order valence-corrected chi connectivity index (χ1v) is 7.04. The average molecular weight is 242 g/mol. The third-order valence-electron chi connectivity index (χ3n) is 2.78. The molecule has 0 saturated carbocycles. The first-order chi connectivity index (χ1) is 8.36. The monoisotopic (exact) mass is 242 g/mol. The summed E-state index contributed by atoms with van der Waals surface area (Å²) in [6.07, 6.45) is 2.64. The second-order valence-corrected chi connectivity index (χ2v) is 5.18. The number of fused-ring (bicyclic) bond motifs is 3. The Kier molecular flexibility index (Phi) is 4.16. The molecule has 0 aliphatic carbocycles. The molecule has 0 N–H and O–H groups in total. The van der Waals surface area contributed by atoms with Crippen molar-refractivity contribution in [2.75, 3.05) is 0 Å². The number of rotatable bonds is 1. The van der Waals surface area contributed by atoms with Crippen molar-refractivity contribution in [1.29, 1.82) is 0 Å². The van der Waals surface area contributed by atoms with Crippen LogP contribution < -0.4 is 0 Å². The summed E-state index contributed by atoms with van der Waals surface area (Å²) >= 11 is 1.86. The Morgan fingerprint density at radius 3 is 1.53 bits per heavy atom. The zero-order chi connectivity index (χ0) is 12.1. The van der Waals surface area contributed by atoms with Crippen LogP contribution in [0.15, 0.2) is 48.5 Å². The van der Waals surface area contributed by atoms with E-state index in [0.717, 1.165) is 0 Å². The third kappa shape index (κ3) is 2.67. The Bertz CT molecular complexity index is 540. The van der Waals surface area contributed by atoms with Crippen molar-refractivity contribution >= 4 is 31.5 Å². The first-order valence-electron chi connectivity index (χ1n) is 6.23. The van der Waals surface area contributed by atoms with E-state index in [9.17, 15) is 0 Å². The lowest BCUT2D eigenvalue weighted by Crippen LogP contribution is -1.62. The molecule has 0 amide bonds. The van der Waals surface area contributed by atoms with Gasteiger partial charge in [0.15, 0.2) is 0 Å². The lowest BCUT2D eigenvalue weighted by atomic mass is 10.2. The minimum absolute atomic E-state index is 1.32. The summed E-state index contributed by atoms with van der Waals surface area (Å²) in [4.78, 5) is 0. The molecule has 0 fully saturated rings. The SMILES string of the molecule is CCCC.c1ccc2c(c1)sc1ccccc12. The van der Waals surface area contributed by atoms with Crippen molar-refractivity contribution in [3.63, 3.8) is 0 Å². The summed E-state index contributed by atoms with van der Waals surface area (Å²) in [5.74, 6) is 0. The van der Waals surface area contributed by atoms with E-state index in [4.69, 9.17) is 0 Å². The largest absolute Gasteiger partial charge is 0.135 e. The highest BCUT2D eigenvalue weighted by atomic mass is 32.1. The van der Waals surface area contributed by atoms with Crippen molar-refractivity contribution in [3.05, 3.63) is 48.5 Å². The highest BCUT2D eigenvalue weighted by Crippen LogP contribution is 2.32. The minimum Gasteiger partial charge on any atom is -0.135 e. The number of benzene rings is 2. The predicted octanol–water partition coefficient (Wildman–Crippen LogP) is 5.86. The van der Waals surface area contributed by atoms with Gasteiger partial charge in [-0.2, -0.15) is 0 Å². The molecule has 2 aromatic carbocycles.